The van der Waals surface area contributed by atoms with Gasteiger partial charge in [0.05, 0.1) is 17.9 Å². The highest BCUT2D eigenvalue weighted by molar-refractivity contribution is 5.77. The number of hydrogen-bond donors (Lipinski definition) is 2. The number of rotatable bonds is 4. The van der Waals surface area contributed by atoms with Crippen molar-refractivity contribution in [3.8, 4) is 0 Å². The molecular weight excluding hydrogens is 230 g/mol. The smallest absolute Gasteiger partial charge is 0.220 e. The fourth-order valence-corrected chi connectivity index (χ4v) is 2.39. The molecule has 2 N–H and O–H groups in total. The normalized spacial score (nSPS) is 28.2. The van der Waals surface area contributed by atoms with E-state index in [9.17, 15) is 4.79 Å². The second-order valence-corrected chi connectivity index (χ2v) is 5.30. The van der Waals surface area contributed by atoms with Crippen molar-refractivity contribution in [2.75, 3.05) is 0 Å². The van der Waals surface area contributed by atoms with Crippen molar-refractivity contribution in [2.24, 2.45) is 0 Å². The third kappa shape index (κ3) is 2.53. The Morgan fingerprint density at radius 1 is 1.50 bits per heavy atom. The van der Waals surface area contributed by atoms with Crippen LogP contribution in [0.4, 0.5) is 0 Å². The molecule has 18 heavy (non-hydrogen) atoms. The number of nitrogens with one attached hydrogen (secondary N) is 2. The first kappa shape index (κ1) is 11.6. The summed E-state index contributed by atoms with van der Waals surface area (Å²) in [5, 5.41) is 14.7. The number of hydrogen-bond acceptors (Lipinski definition) is 4. The minimum atomic E-state index is 0.153. The minimum absolute atomic E-state index is 0.153. The molecule has 2 heterocycles. The van der Waals surface area contributed by atoms with Crippen LogP contribution in [0.15, 0.2) is 6.20 Å². The minimum Gasteiger partial charge on any atom is -0.352 e. The predicted molar refractivity (Wildman–Crippen MR) is 65.8 cm³/mol. The van der Waals surface area contributed by atoms with Gasteiger partial charge < -0.3 is 10.6 Å². The molecule has 6 nitrogen and oxygen atoms in total. The van der Waals surface area contributed by atoms with Gasteiger partial charge in [-0.1, -0.05) is 5.21 Å². The van der Waals surface area contributed by atoms with Gasteiger partial charge in [0.1, 0.15) is 0 Å². The average molecular weight is 249 g/mol. The van der Waals surface area contributed by atoms with Crippen LogP contribution < -0.4 is 10.6 Å². The Hall–Kier alpha value is -1.43. The Kier molecular flexibility index (Phi) is 3.03. The molecule has 98 valence electrons. The Labute approximate surface area is 106 Å². The third-order valence-corrected chi connectivity index (χ3v) is 3.70. The fourth-order valence-electron chi connectivity index (χ4n) is 2.39. The molecule has 2 atom stereocenters. The Morgan fingerprint density at radius 3 is 3.06 bits per heavy atom. The summed E-state index contributed by atoms with van der Waals surface area (Å²) in [6, 6.07) is 1.10. The Bertz CT molecular complexity index is 439. The van der Waals surface area contributed by atoms with E-state index >= 15 is 0 Å². The third-order valence-electron chi connectivity index (χ3n) is 3.70. The largest absolute Gasteiger partial charge is 0.352 e. The fraction of sp³-hybridized carbons (Fsp3) is 0.750. The van der Waals surface area contributed by atoms with E-state index in [-0.39, 0.29) is 11.9 Å². The highest BCUT2D eigenvalue weighted by Crippen LogP contribution is 2.33. The maximum atomic E-state index is 11.2. The number of carbonyl (C=O) groups excluding carboxylic acids is 1. The van der Waals surface area contributed by atoms with Crippen LogP contribution in [0.25, 0.3) is 0 Å². The van der Waals surface area contributed by atoms with E-state index in [4.69, 9.17) is 0 Å². The van der Waals surface area contributed by atoms with Crippen molar-refractivity contribution in [1.82, 2.24) is 25.6 Å². The molecule has 6 heteroatoms. The summed E-state index contributed by atoms with van der Waals surface area (Å²) < 4.78 is 1.96. The molecule has 3 rings (SSSR count). The van der Waals surface area contributed by atoms with Crippen molar-refractivity contribution in [2.45, 2.75) is 57.3 Å². The van der Waals surface area contributed by atoms with Crippen molar-refractivity contribution >= 4 is 5.91 Å². The van der Waals surface area contributed by atoms with E-state index in [2.05, 4.69) is 20.9 Å². The Balaban J connectivity index is 1.52. The number of carbonyl (C=O) groups is 1. The summed E-state index contributed by atoms with van der Waals surface area (Å²) in [5.74, 6) is 0.153. The van der Waals surface area contributed by atoms with Crippen molar-refractivity contribution < 1.29 is 4.79 Å². The van der Waals surface area contributed by atoms with Gasteiger partial charge in [-0.3, -0.25) is 4.79 Å². The molecule has 0 radical (unpaired) electrons. The summed E-state index contributed by atoms with van der Waals surface area (Å²) in [5.41, 5.74) is 0.978. The molecule has 0 aromatic carbocycles. The summed E-state index contributed by atoms with van der Waals surface area (Å²) >= 11 is 0. The molecular formula is C12H19N5O. The molecule has 1 aliphatic carbocycles. The van der Waals surface area contributed by atoms with Crippen LogP contribution >= 0.6 is 0 Å². The quantitative estimate of drug-likeness (QED) is 0.808. The van der Waals surface area contributed by atoms with E-state index < -0.39 is 0 Å². The molecule has 1 aromatic heterocycles. The molecule has 0 bridgehead atoms. The van der Waals surface area contributed by atoms with Gasteiger partial charge >= 0.3 is 0 Å². The van der Waals surface area contributed by atoms with Crippen LogP contribution in [0.5, 0.6) is 0 Å². The molecule has 1 aliphatic heterocycles. The lowest BCUT2D eigenvalue weighted by atomic mass is 9.99. The van der Waals surface area contributed by atoms with E-state index in [1.165, 1.54) is 12.8 Å². The van der Waals surface area contributed by atoms with Crippen LogP contribution in [-0.4, -0.2) is 33.0 Å². The van der Waals surface area contributed by atoms with Gasteiger partial charge in [0, 0.05) is 25.0 Å². The van der Waals surface area contributed by atoms with E-state index in [1.54, 1.807) is 0 Å². The Morgan fingerprint density at radius 2 is 2.33 bits per heavy atom. The maximum absolute atomic E-state index is 11.2. The summed E-state index contributed by atoms with van der Waals surface area (Å²) in [6.07, 6.45) is 5.97. The van der Waals surface area contributed by atoms with Crippen LogP contribution in [0, 0.1) is 0 Å². The average Bonchev–Trinajstić information content (AvgIpc) is 3.08. The number of amides is 1. The molecule has 1 amide bonds. The highest BCUT2D eigenvalue weighted by Gasteiger charge is 2.26. The van der Waals surface area contributed by atoms with Gasteiger partial charge in [0.25, 0.3) is 0 Å². The summed E-state index contributed by atoms with van der Waals surface area (Å²) in [7, 11) is 0. The zero-order valence-electron chi connectivity index (χ0n) is 10.6. The van der Waals surface area contributed by atoms with Crippen molar-refractivity contribution in [3.63, 3.8) is 0 Å². The molecule has 2 aliphatic rings. The van der Waals surface area contributed by atoms with E-state index in [0.717, 1.165) is 18.7 Å². The molecule has 1 saturated heterocycles. The van der Waals surface area contributed by atoms with Crippen LogP contribution in [0.3, 0.4) is 0 Å². The standard InChI is InChI=1S/C12H19N5O/c1-8-11(4-5-12(18)14-8)13-6-9-7-17(16-15-9)10-2-3-10/h7-8,10-11,13H,2-6H2,1H3,(H,14,18). The van der Waals surface area contributed by atoms with Gasteiger partial charge in [-0.2, -0.15) is 0 Å². The van der Waals surface area contributed by atoms with Gasteiger partial charge in [-0.05, 0) is 26.2 Å². The lowest BCUT2D eigenvalue weighted by Gasteiger charge is -2.30. The van der Waals surface area contributed by atoms with E-state index in [1.807, 2.05) is 17.8 Å². The second-order valence-electron chi connectivity index (χ2n) is 5.30. The number of nitrogens with zero attached hydrogens (tertiary/aromatic N) is 3. The zero-order chi connectivity index (χ0) is 12.5. The van der Waals surface area contributed by atoms with Crippen molar-refractivity contribution in [1.29, 1.82) is 0 Å². The van der Waals surface area contributed by atoms with Gasteiger partial charge in [-0.25, -0.2) is 4.68 Å². The molecule has 1 saturated carbocycles. The van der Waals surface area contributed by atoms with Gasteiger partial charge in [0.15, 0.2) is 0 Å². The number of piperidine rings is 1. The first-order chi connectivity index (χ1) is 8.72. The highest BCUT2D eigenvalue weighted by atomic mass is 16.1. The molecule has 2 unspecified atom stereocenters. The lowest BCUT2D eigenvalue weighted by Crippen LogP contribution is -2.52. The predicted octanol–water partition coefficient (Wildman–Crippen LogP) is 0.370. The SMILES string of the molecule is CC1NC(=O)CCC1NCc1cn(C2CC2)nn1. The monoisotopic (exact) mass is 249 g/mol. The summed E-state index contributed by atoms with van der Waals surface area (Å²) in [4.78, 5) is 11.2. The summed E-state index contributed by atoms with van der Waals surface area (Å²) in [6.45, 7) is 2.76. The molecule has 0 spiro atoms. The van der Waals surface area contributed by atoms with Crippen LogP contribution in [-0.2, 0) is 11.3 Å². The van der Waals surface area contributed by atoms with Crippen molar-refractivity contribution in [3.05, 3.63) is 11.9 Å². The lowest BCUT2D eigenvalue weighted by molar-refractivity contribution is -0.123. The molecule has 2 fully saturated rings. The van der Waals surface area contributed by atoms with Crippen LogP contribution in [0.2, 0.25) is 0 Å². The second kappa shape index (κ2) is 4.68. The zero-order valence-corrected chi connectivity index (χ0v) is 10.6. The van der Waals surface area contributed by atoms with Gasteiger partial charge in [0.2, 0.25) is 5.91 Å². The maximum Gasteiger partial charge on any atom is 0.220 e. The van der Waals surface area contributed by atoms with E-state index in [0.29, 0.717) is 18.5 Å². The first-order valence-corrected chi connectivity index (χ1v) is 6.66. The molecule has 1 aromatic rings. The number of aromatic nitrogens is 3. The van der Waals surface area contributed by atoms with Gasteiger partial charge in [-0.15, -0.1) is 5.10 Å². The first-order valence-electron chi connectivity index (χ1n) is 6.66. The van der Waals surface area contributed by atoms with Crippen LogP contribution in [0.1, 0.15) is 44.3 Å². The topological polar surface area (TPSA) is 71.8 Å².